The maximum absolute atomic E-state index is 5.49. The van der Waals surface area contributed by atoms with Crippen LogP contribution in [-0.4, -0.2) is 19.1 Å². The topological polar surface area (TPSA) is 47.3 Å². The van der Waals surface area contributed by atoms with Crippen LogP contribution in [0.3, 0.4) is 0 Å². The Balaban J connectivity index is 2.25. The molecule has 1 N–H and O–H groups in total. The molecule has 2 rings (SSSR count). The molecule has 1 aromatic carbocycles. The van der Waals surface area contributed by atoms with Gasteiger partial charge in [-0.2, -0.15) is 4.98 Å². The van der Waals surface area contributed by atoms with E-state index in [1.54, 1.807) is 14.2 Å². The average Bonchev–Trinajstić information content (AvgIpc) is 2.79. The summed E-state index contributed by atoms with van der Waals surface area (Å²) in [7, 11) is 3.51. The maximum Gasteiger partial charge on any atom is 0.294 e. The molecular weight excluding hydrogens is 240 g/mol. The lowest BCUT2D eigenvalue weighted by Gasteiger charge is -2.08. The molecule has 19 heavy (non-hydrogen) atoms. The predicted molar refractivity (Wildman–Crippen MR) is 76.0 cm³/mol. The van der Waals surface area contributed by atoms with Gasteiger partial charge in [-0.15, -0.1) is 0 Å². The normalized spacial score (nSPS) is 10.5. The molecule has 0 atom stereocenters. The highest BCUT2D eigenvalue weighted by molar-refractivity contribution is 5.39. The van der Waals surface area contributed by atoms with Crippen molar-refractivity contribution in [1.82, 2.24) is 4.98 Å². The number of aryl methyl sites for hydroxylation is 2. The lowest BCUT2D eigenvalue weighted by Crippen LogP contribution is -1.96. The Morgan fingerprint density at radius 1 is 1.37 bits per heavy atom. The summed E-state index contributed by atoms with van der Waals surface area (Å²) in [5.41, 5.74) is 3.41. The minimum atomic E-state index is 0.566. The minimum Gasteiger partial charge on any atom is -0.496 e. The van der Waals surface area contributed by atoms with Gasteiger partial charge in [0.1, 0.15) is 11.5 Å². The highest BCUT2D eigenvalue weighted by Gasteiger charge is 2.10. The third-order valence-corrected chi connectivity index (χ3v) is 3.20. The van der Waals surface area contributed by atoms with Crippen LogP contribution in [0.1, 0.15) is 29.5 Å². The molecular formula is C15H20N2O2. The lowest BCUT2D eigenvalue weighted by atomic mass is 10.0. The summed E-state index contributed by atoms with van der Waals surface area (Å²) in [4.78, 5) is 4.41. The molecule has 0 aliphatic heterocycles. The first-order valence-electron chi connectivity index (χ1n) is 6.47. The van der Waals surface area contributed by atoms with E-state index in [0.717, 1.165) is 30.0 Å². The molecule has 0 amide bonds. The molecule has 0 radical (unpaired) electrons. The highest BCUT2D eigenvalue weighted by Crippen LogP contribution is 2.23. The number of hydrogen-bond acceptors (Lipinski definition) is 4. The number of rotatable bonds is 5. The van der Waals surface area contributed by atoms with Crippen LogP contribution in [0.15, 0.2) is 22.6 Å². The molecule has 4 heteroatoms. The van der Waals surface area contributed by atoms with E-state index in [1.807, 2.05) is 13.0 Å². The van der Waals surface area contributed by atoms with Gasteiger partial charge in [0.2, 0.25) is 0 Å². The van der Waals surface area contributed by atoms with E-state index in [1.165, 1.54) is 11.1 Å². The molecule has 4 nitrogen and oxygen atoms in total. The molecule has 1 heterocycles. The van der Waals surface area contributed by atoms with Gasteiger partial charge >= 0.3 is 0 Å². The molecule has 1 aromatic heterocycles. The number of ether oxygens (including phenoxy) is 1. The fraction of sp³-hybridized carbons (Fsp3) is 0.400. The summed E-state index contributed by atoms with van der Waals surface area (Å²) in [6.07, 6.45) is 1.73. The first-order valence-corrected chi connectivity index (χ1v) is 6.47. The smallest absolute Gasteiger partial charge is 0.294 e. The van der Waals surface area contributed by atoms with Crippen molar-refractivity contribution in [2.45, 2.75) is 26.7 Å². The maximum atomic E-state index is 5.49. The molecule has 2 aromatic rings. The Morgan fingerprint density at radius 3 is 2.74 bits per heavy atom. The van der Waals surface area contributed by atoms with Crippen LogP contribution in [-0.2, 0) is 12.8 Å². The summed E-state index contributed by atoms with van der Waals surface area (Å²) in [6, 6.07) is 6.83. The van der Waals surface area contributed by atoms with Gasteiger partial charge in [-0.25, -0.2) is 0 Å². The molecule has 0 fully saturated rings. The van der Waals surface area contributed by atoms with E-state index in [-0.39, 0.29) is 0 Å². The summed E-state index contributed by atoms with van der Waals surface area (Å²) in [5.74, 6) is 1.80. The zero-order chi connectivity index (χ0) is 13.8. The molecule has 0 bridgehead atoms. The second-order valence-corrected chi connectivity index (χ2v) is 4.45. The Morgan fingerprint density at radius 2 is 2.16 bits per heavy atom. The number of hydrogen-bond donors (Lipinski definition) is 1. The van der Waals surface area contributed by atoms with Crippen LogP contribution >= 0.6 is 0 Å². The molecule has 0 spiro atoms. The van der Waals surface area contributed by atoms with Crippen molar-refractivity contribution in [3.63, 3.8) is 0 Å². The van der Waals surface area contributed by atoms with Gasteiger partial charge in [0, 0.05) is 13.5 Å². The van der Waals surface area contributed by atoms with Crippen LogP contribution < -0.4 is 10.1 Å². The second kappa shape index (κ2) is 5.78. The lowest BCUT2D eigenvalue weighted by molar-refractivity contribution is 0.410. The molecule has 0 saturated carbocycles. The number of benzene rings is 1. The first-order chi connectivity index (χ1) is 9.17. The standard InChI is InChI=1S/C15H20N2O2/c1-5-12-8-11(6-7-14(12)18-4)9-13-10(2)19-15(16-3)17-13/h6-8H,5,9H2,1-4H3,(H,16,17). The van der Waals surface area contributed by atoms with Crippen LogP contribution in [0, 0.1) is 6.92 Å². The Hall–Kier alpha value is -1.97. The first kappa shape index (κ1) is 13.5. The monoisotopic (exact) mass is 260 g/mol. The van der Waals surface area contributed by atoms with Gasteiger partial charge in [-0.05, 0) is 30.5 Å². The average molecular weight is 260 g/mol. The van der Waals surface area contributed by atoms with Gasteiger partial charge in [0.15, 0.2) is 0 Å². The summed E-state index contributed by atoms with van der Waals surface area (Å²) in [5, 5.41) is 2.92. The van der Waals surface area contributed by atoms with Crippen molar-refractivity contribution in [2.75, 3.05) is 19.5 Å². The largest absolute Gasteiger partial charge is 0.496 e. The summed E-state index contributed by atoms with van der Waals surface area (Å²) >= 11 is 0. The number of nitrogens with zero attached hydrogens (tertiary/aromatic N) is 1. The molecule has 0 aliphatic rings. The van der Waals surface area contributed by atoms with Gasteiger partial charge < -0.3 is 14.5 Å². The SMILES string of the molecule is CCc1cc(Cc2nc(NC)oc2C)ccc1OC. The van der Waals surface area contributed by atoms with E-state index < -0.39 is 0 Å². The number of oxazole rings is 1. The van der Waals surface area contributed by atoms with Crippen molar-refractivity contribution in [3.05, 3.63) is 40.8 Å². The van der Waals surface area contributed by atoms with E-state index in [0.29, 0.717) is 6.01 Å². The van der Waals surface area contributed by atoms with Gasteiger partial charge in [0.25, 0.3) is 6.01 Å². The number of methoxy groups -OCH3 is 1. The highest BCUT2D eigenvalue weighted by atomic mass is 16.5. The van der Waals surface area contributed by atoms with Gasteiger partial charge in [-0.3, -0.25) is 0 Å². The van der Waals surface area contributed by atoms with Crippen LogP contribution in [0.25, 0.3) is 0 Å². The van der Waals surface area contributed by atoms with Gasteiger partial charge in [0.05, 0.1) is 12.8 Å². The van der Waals surface area contributed by atoms with Crippen molar-refractivity contribution >= 4 is 6.01 Å². The second-order valence-electron chi connectivity index (χ2n) is 4.45. The van der Waals surface area contributed by atoms with E-state index in [2.05, 4.69) is 29.4 Å². The minimum absolute atomic E-state index is 0.566. The van der Waals surface area contributed by atoms with Gasteiger partial charge in [-0.1, -0.05) is 19.1 Å². The van der Waals surface area contributed by atoms with Crippen molar-refractivity contribution in [2.24, 2.45) is 0 Å². The van der Waals surface area contributed by atoms with Crippen LogP contribution in [0.5, 0.6) is 5.75 Å². The van der Waals surface area contributed by atoms with Crippen molar-refractivity contribution in [1.29, 1.82) is 0 Å². The Kier molecular flexibility index (Phi) is 4.10. The molecule has 102 valence electrons. The molecule has 0 aliphatic carbocycles. The molecule has 0 unspecified atom stereocenters. The predicted octanol–water partition coefficient (Wildman–Crippen LogP) is 3.19. The van der Waals surface area contributed by atoms with E-state index in [9.17, 15) is 0 Å². The van der Waals surface area contributed by atoms with Crippen LogP contribution in [0.4, 0.5) is 6.01 Å². The Labute approximate surface area is 113 Å². The Bertz CT molecular complexity index is 561. The van der Waals surface area contributed by atoms with Crippen molar-refractivity contribution in [3.8, 4) is 5.75 Å². The summed E-state index contributed by atoms with van der Waals surface area (Å²) < 4.78 is 10.8. The fourth-order valence-corrected chi connectivity index (χ4v) is 2.11. The summed E-state index contributed by atoms with van der Waals surface area (Å²) in [6.45, 7) is 4.07. The zero-order valence-electron chi connectivity index (χ0n) is 11.9. The number of nitrogens with one attached hydrogen (secondary N) is 1. The quantitative estimate of drug-likeness (QED) is 0.897. The fourth-order valence-electron chi connectivity index (χ4n) is 2.11. The third kappa shape index (κ3) is 2.89. The molecule has 0 saturated heterocycles. The number of aromatic nitrogens is 1. The van der Waals surface area contributed by atoms with Crippen molar-refractivity contribution < 1.29 is 9.15 Å². The van der Waals surface area contributed by atoms with Crippen LogP contribution in [0.2, 0.25) is 0 Å². The van der Waals surface area contributed by atoms with E-state index >= 15 is 0 Å². The third-order valence-electron chi connectivity index (χ3n) is 3.20. The zero-order valence-corrected chi connectivity index (χ0v) is 11.9. The van der Waals surface area contributed by atoms with E-state index in [4.69, 9.17) is 9.15 Å². The number of anilines is 1.